The van der Waals surface area contributed by atoms with Crippen LogP contribution in [-0.2, 0) is 9.53 Å². The molecule has 1 aliphatic heterocycles. The topological polar surface area (TPSA) is 58.6 Å². The molecule has 1 saturated heterocycles. The van der Waals surface area contributed by atoms with Gasteiger partial charge in [0.2, 0.25) is 0 Å². The number of aliphatic carboxylic acids is 1. The lowest BCUT2D eigenvalue weighted by Gasteiger charge is -2.38. The summed E-state index contributed by atoms with van der Waals surface area (Å²) in [6, 6.07) is 5.17. The molecule has 0 radical (unpaired) electrons. The highest BCUT2D eigenvalue weighted by molar-refractivity contribution is 9.10. The van der Waals surface area contributed by atoms with Gasteiger partial charge in [0.05, 0.1) is 18.2 Å². The van der Waals surface area contributed by atoms with Gasteiger partial charge >= 0.3 is 5.97 Å². The second-order valence-corrected chi connectivity index (χ2v) is 4.90. The molecule has 1 aromatic carbocycles. The van der Waals surface area contributed by atoms with E-state index in [1.54, 1.807) is 18.2 Å². The third-order valence-corrected chi connectivity index (χ3v) is 3.62. The number of hydrogen-bond acceptors (Lipinski definition) is 3. The van der Waals surface area contributed by atoms with Crippen LogP contribution in [0.25, 0.3) is 0 Å². The predicted octanol–water partition coefficient (Wildman–Crippen LogP) is 2.37. The number of hydrogen-bond donors (Lipinski definition) is 2. The maximum Gasteiger partial charge on any atom is 0.334 e. The van der Waals surface area contributed by atoms with Crippen molar-refractivity contribution in [2.24, 2.45) is 0 Å². The van der Waals surface area contributed by atoms with Gasteiger partial charge in [-0.15, -0.1) is 0 Å². The van der Waals surface area contributed by atoms with E-state index in [-0.39, 0.29) is 13.2 Å². The van der Waals surface area contributed by atoms with Crippen LogP contribution in [0.3, 0.4) is 0 Å². The number of ether oxygens (including phenoxy) is 1. The number of rotatable bonds is 3. The van der Waals surface area contributed by atoms with E-state index in [4.69, 9.17) is 21.4 Å². The van der Waals surface area contributed by atoms with Crippen molar-refractivity contribution in [1.82, 2.24) is 0 Å². The monoisotopic (exact) mass is 305 g/mol. The van der Waals surface area contributed by atoms with Crippen LogP contribution in [0.1, 0.15) is 0 Å². The number of halogens is 2. The third kappa shape index (κ3) is 2.03. The fourth-order valence-electron chi connectivity index (χ4n) is 1.41. The summed E-state index contributed by atoms with van der Waals surface area (Å²) in [6.45, 7) is 0.338. The van der Waals surface area contributed by atoms with Crippen LogP contribution in [0, 0.1) is 0 Å². The molecule has 86 valence electrons. The second-order valence-electron chi connectivity index (χ2n) is 3.63. The standard InChI is InChI=1S/C10H9BrClNO3/c11-7-3-6(1-2-8(7)12)13-10(9(14)15)4-16-5-10/h1-3,13H,4-5H2,(H,14,15). The van der Waals surface area contributed by atoms with Gasteiger partial charge in [-0.1, -0.05) is 11.6 Å². The Balaban J connectivity index is 2.20. The number of carbonyl (C=O) groups is 1. The lowest BCUT2D eigenvalue weighted by Crippen LogP contribution is -2.61. The average Bonchev–Trinajstić information content (AvgIpc) is 2.16. The van der Waals surface area contributed by atoms with Gasteiger partial charge in [-0.3, -0.25) is 0 Å². The van der Waals surface area contributed by atoms with Gasteiger partial charge < -0.3 is 15.2 Å². The predicted molar refractivity (Wildman–Crippen MR) is 64.0 cm³/mol. The fraction of sp³-hybridized carbons (Fsp3) is 0.300. The molecule has 2 N–H and O–H groups in total. The highest BCUT2D eigenvalue weighted by Crippen LogP contribution is 2.29. The van der Waals surface area contributed by atoms with Crippen molar-refractivity contribution in [3.8, 4) is 0 Å². The largest absolute Gasteiger partial charge is 0.479 e. The van der Waals surface area contributed by atoms with Crippen LogP contribution in [0.5, 0.6) is 0 Å². The second kappa shape index (κ2) is 4.24. The molecular formula is C10H9BrClNO3. The maximum atomic E-state index is 11.1. The summed E-state index contributed by atoms with van der Waals surface area (Å²) in [5.41, 5.74) is -0.310. The van der Waals surface area contributed by atoms with Gasteiger partial charge in [0.25, 0.3) is 0 Å². The molecule has 0 saturated carbocycles. The van der Waals surface area contributed by atoms with Crippen LogP contribution in [0.15, 0.2) is 22.7 Å². The number of nitrogens with one attached hydrogen (secondary N) is 1. The van der Waals surface area contributed by atoms with E-state index in [2.05, 4.69) is 21.2 Å². The minimum absolute atomic E-state index is 0.169. The van der Waals surface area contributed by atoms with Gasteiger partial charge in [-0.05, 0) is 34.1 Å². The van der Waals surface area contributed by atoms with Crippen LogP contribution < -0.4 is 5.32 Å². The van der Waals surface area contributed by atoms with Crippen LogP contribution in [-0.4, -0.2) is 29.8 Å². The Bertz CT molecular complexity index is 434. The lowest BCUT2D eigenvalue weighted by molar-refractivity contribution is -0.158. The van der Waals surface area contributed by atoms with Crippen LogP contribution in [0.4, 0.5) is 5.69 Å². The van der Waals surface area contributed by atoms with Gasteiger partial charge in [0.1, 0.15) is 0 Å². The Morgan fingerprint density at radius 2 is 2.25 bits per heavy atom. The van der Waals surface area contributed by atoms with E-state index in [9.17, 15) is 4.79 Å². The first-order chi connectivity index (χ1) is 7.53. The Hall–Kier alpha value is -0.780. The highest BCUT2D eigenvalue weighted by Gasteiger charge is 2.46. The molecule has 0 spiro atoms. The zero-order valence-electron chi connectivity index (χ0n) is 8.17. The van der Waals surface area contributed by atoms with Crippen molar-refractivity contribution < 1.29 is 14.6 Å². The van der Waals surface area contributed by atoms with Gasteiger partial charge in [-0.2, -0.15) is 0 Å². The van der Waals surface area contributed by atoms with E-state index in [0.29, 0.717) is 10.7 Å². The molecule has 1 aromatic rings. The first-order valence-electron chi connectivity index (χ1n) is 4.58. The molecule has 1 heterocycles. The Labute approximate surface area is 106 Å². The number of carboxylic acids is 1. The van der Waals surface area contributed by atoms with Gasteiger partial charge in [0, 0.05) is 10.2 Å². The Morgan fingerprint density at radius 3 is 2.69 bits per heavy atom. The van der Waals surface area contributed by atoms with Crippen molar-refractivity contribution in [2.75, 3.05) is 18.5 Å². The summed E-state index contributed by atoms with van der Waals surface area (Å²) in [5.74, 6) is -0.912. The van der Waals surface area contributed by atoms with Crippen molar-refractivity contribution in [3.63, 3.8) is 0 Å². The van der Waals surface area contributed by atoms with Crippen molar-refractivity contribution >= 4 is 39.2 Å². The zero-order chi connectivity index (χ0) is 11.8. The van der Waals surface area contributed by atoms with Crippen molar-refractivity contribution in [2.45, 2.75) is 5.54 Å². The van der Waals surface area contributed by atoms with E-state index in [1.807, 2.05) is 0 Å². The summed E-state index contributed by atoms with van der Waals surface area (Å²) in [7, 11) is 0. The first kappa shape index (κ1) is 11.7. The number of anilines is 1. The number of carboxylic acid groups (broad SMARTS) is 1. The average molecular weight is 307 g/mol. The smallest absolute Gasteiger partial charge is 0.334 e. The summed E-state index contributed by atoms with van der Waals surface area (Å²) < 4.78 is 5.67. The minimum Gasteiger partial charge on any atom is -0.479 e. The molecule has 0 unspecified atom stereocenters. The quantitative estimate of drug-likeness (QED) is 0.900. The number of benzene rings is 1. The molecule has 6 heteroatoms. The van der Waals surface area contributed by atoms with Crippen LogP contribution in [0.2, 0.25) is 5.02 Å². The molecule has 0 aromatic heterocycles. The maximum absolute atomic E-state index is 11.1. The van der Waals surface area contributed by atoms with E-state index in [1.165, 1.54) is 0 Å². The Morgan fingerprint density at radius 1 is 1.56 bits per heavy atom. The minimum atomic E-state index is -1.01. The lowest BCUT2D eigenvalue weighted by atomic mass is 9.97. The summed E-state index contributed by atoms with van der Waals surface area (Å²) in [6.07, 6.45) is 0. The highest BCUT2D eigenvalue weighted by atomic mass is 79.9. The van der Waals surface area contributed by atoms with Gasteiger partial charge in [-0.25, -0.2) is 4.79 Å². The van der Waals surface area contributed by atoms with Crippen molar-refractivity contribution in [1.29, 1.82) is 0 Å². The molecule has 0 bridgehead atoms. The molecular weight excluding hydrogens is 297 g/mol. The van der Waals surface area contributed by atoms with Gasteiger partial charge in [0.15, 0.2) is 5.54 Å². The van der Waals surface area contributed by atoms with E-state index >= 15 is 0 Å². The molecule has 4 nitrogen and oxygen atoms in total. The summed E-state index contributed by atoms with van der Waals surface area (Å²) in [5, 5.41) is 12.6. The molecule has 1 fully saturated rings. The molecule has 0 amide bonds. The molecule has 0 atom stereocenters. The molecule has 1 aliphatic rings. The molecule has 16 heavy (non-hydrogen) atoms. The Kier molecular flexibility index (Phi) is 3.10. The molecule has 2 rings (SSSR count). The van der Waals surface area contributed by atoms with E-state index < -0.39 is 11.5 Å². The summed E-state index contributed by atoms with van der Waals surface area (Å²) in [4.78, 5) is 11.1. The van der Waals surface area contributed by atoms with Crippen molar-refractivity contribution in [3.05, 3.63) is 27.7 Å². The first-order valence-corrected chi connectivity index (χ1v) is 5.75. The SMILES string of the molecule is O=C(O)C1(Nc2ccc(Cl)c(Br)c2)COC1. The van der Waals surface area contributed by atoms with Crippen LogP contribution >= 0.6 is 27.5 Å². The molecule has 0 aliphatic carbocycles. The van der Waals surface area contributed by atoms with E-state index in [0.717, 1.165) is 4.47 Å². The third-order valence-electron chi connectivity index (χ3n) is 2.41. The summed E-state index contributed by atoms with van der Waals surface area (Å²) >= 11 is 9.13. The fourth-order valence-corrected chi connectivity index (χ4v) is 1.90. The normalized spacial score (nSPS) is 17.6. The zero-order valence-corrected chi connectivity index (χ0v) is 10.5.